The molecule has 0 aliphatic heterocycles. The van der Waals surface area contributed by atoms with Crippen molar-refractivity contribution in [3.63, 3.8) is 0 Å². The van der Waals surface area contributed by atoms with Crippen LogP contribution in [0, 0.1) is 5.82 Å². The second-order valence-electron chi connectivity index (χ2n) is 6.43. The minimum absolute atomic E-state index is 0.0157. The number of carbonyl (C=O) groups excluding carboxylic acids is 1. The van der Waals surface area contributed by atoms with Gasteiger partial charge in [-0.1, -0.05) is 29.3 Å². The Bertz CT molecular complexity index is 635. The van der Waals surface area contributed by atoms with Gasteiger partial charge in [-0.25, -0.2) is 9.18 Å². The van der Waals surface area contributed by atoms with Crippen LogP contribution in [0.3, 0.4) is 0 Å². The summed E-state index contributed by atoms with van der Waals surface area (Å²) in [4.78, 5) is 12.0. The Morgan fingerprint density at radius 1 is 1.30 bits per heavy atom. The third kappa shape index (κ3) is 5.11. The number of esters is 1. The lowest BCUT2D eigenvalue weighted by Crippen LogP contribution is -2.24. The van der Waals surface area contributed by atoms with E-state index >= 15 is 0 Å². The van der Waals surface area contributed by atoms with E-state index in [-0.39, 0.29) is 22.4 Å². The summed E-state index contributed by atoms with van der Waals surface area (Å²) in [6.07, 6.45) is 3.74. The molecule has 0 radical (unpaired) electrons. The van der Waals surface area contributed by atoms with E-state index < -0.39 is 17.4 Å². The first-order chi connectivity index (χ1) is 10.7. The first kappa shape index (κ1) is 18.1. The van der Waals surface area contributed by atoms with E-state index in [1.807, 2.05) is 6.08 Å². The van der Waals surface area contributed by atoms with Gasteiger partial charge in [-0.05, 0) is 39.7 Å². The van der Waals surface area contributed by atoms with E-state index in [2.05, 4.69) is 0 Å². The molecule has 126 valence electrons. The molecule has 0 saturated heterocycles. The third-order valence-electron chi connectivity index (χ3n) is 3.24. The third-order valence-corrected chi connectivity index (χ3v) is 3.90. The molecular weight excluding hydrogens is 342 g/mol. The fourth-order valence-corrected chi connectivity index (χ4v) is 2.60. The maximum Gasteiger partial charge on any atom is 0.340 e. The molecule has 0 aromatic heterocycles. The molecule has 3 nitrogen and oxygen atoms in total. The molecule has 2 rings (SSSR count). The lowest BCUT2D eigenvalue weighted by atomic mass is 10.0. The molecule has 0 bridgehead atoms. The van der Waals surface area contributed by atoms with Crippen LogP contribution >= 0.6 is 23.2 Å². The Hall–Kier alpha value is -1.26. The molecule has 0 amide bonds. The smallest absolute Gasteiger partial charge is 0.340 e. The van der Waals surface area contributed by atoms with Gasteiger partial charge in [-0.3, -0.25) is 0 Å². The average molecular weight is 361 g/mol. The summed E-state index contributed by atoms with van der Waals surface area (Å²) in [6.45, 7) is 5.19. The van der Waals surface area contributed by atoms with E-state index in [0.29, 0.717) is 19.3 Å². The van der Waals surface area contributed by atoms with Crippen molar-refractivity contribution in [2.45, 2.75) is 51.7 Å². The maximum atomic E-state index is 14.2. The van der Waals surface area contributed by atoms with Crippen LogP contribution in [-0.2, 0) is 4.74 Å². The van der Waals surface area contributed by atoms with Crippen LogP contribution in [0.1, 0.15) is 50.4 Å². The molecule has 1 unspecified atom stereocenters. The summed E-state index contributed by atoms with van der Waals surface area (Å²) >= 11 is 12.0. The Morgan fingerprint density at radius 3 is 2.57 bits per heavy atom. The molecule has 1 aromatic rings. The van der Waals surface area contributed by atoms with E-state index in [4.69, 9.17) is 32.7 Å². The Morgan fingerprint density at radius 2 is 2.00 bits per heavy atom. The number of ether oxygens (including phenoxy) is 2. The van der Waals surface area contributed by atoms with Crippen molar-refractivity contribution >= 4 is 29.2 Å². The van der Waals surface area contributed by atoms with Crippen LogP contribution in [-0.4, -0.2) is 17.7 Å². The number of halogens is 3. The number of hydrogen-bond donors (Lipinski definition) is 0. The van der Waals surface area contributed by atoms with Gasteiger partial charge in [-0.2, -0.15) is 0 Å². The number of allylic oxidation sites excluding steroid dienone is 1. The molecule has 0 N–H and O–H groups in total. The van der Waals surface area contributed by atoms with E-state index in [0.717, 1.165) is 11.1 Å². The molecule has 6 heteroatoms. The highest BCUT2D eigenvalue weighted by Gasteiger charge is 2.23. The normalized spacial score (nSPS) is 18.3. The largest absolute Gasteiger partial charge is 0.487 e. The highest BCUT2D eigenvalue weighted by molar-refractivity contribution is 6.33. The predicted molar refractivity (Wildman–Crippen MR) is 88.8 cm³/mol. The van der Waals surface area contributed by atoms with E-state index in [9.17, 15) is 9.18 Å². The summed E-state index contributed by atoms with van der Waals surface area (Å²) in [5, 5.41) is 0.892. The van der Waals surface area contributed by atoms with Crippen molar-refractivity contribution in [2.24, 2.45) is 0 Å². The lowest BCUT2D eigenvalue weighted by molar-refractivity contribution is 0.00691. The van der Waals surface area contributed by atoms with Gasteiger partial charge in [0.2, 0.25) is 0 Å². The highest BCUT2D eigenvalue weighted by atomic mass is 35.5. The molecule has 0 fully saturated rings. The van der Waals surface area contributed by atoms with Crippen LogP contribution in [0.5, 0.6) is 5.75 Å². The van der Waals surface area contributed by atoms with Crippen molar-refractivity contribution in [3.8, 4) is 5.75 Å². The highest BCUT2D eigenvalue weighted by Crippen LogP contribution is 2.31. The number of benzene rings is 1. The SMILES string of the molecule is CC(C)(C)OC(=O)c1cc(F)c(OC2CC=C(Cl)CC2)cc1Cl. The summed E-state index contributed by atoms with van der Waals surface area (Å²) in [5.74, 6) is -1.28. The first-order valence-electron chi connectivity index (χ1n) is 7.39. The number of hydrogen-bond acceptors (Lipinski definition) is 3. The van der Waals surface area contributed by atoms with E-state index in [1.54, 1.807) is 20.8 Å². The van der Waals surface area contributed by atoms with Gasteiger partial charge in [0.25, 0.3) is 0 Å². The molecule has 1 aliphatic carbocycles. The lowest BCUT2D eigenvalue weighted by Gasteiger charge is -2.22. The van der Waals surface area contributed by atoms with E-state index in [1.165, 1.54) is 6.07 Å². The second kappa shape index (κ2) is 7.10. The molecule has 1 atom stereocenters. The summed E-state index contributed by atoms with van der Waals surface area (Å²) in [6, 6.07) is 2.37. The molecule has 1 aliphatic rings. The molecule has 23 heavy (non-hydrogen) atoms. The summed E-state index contributed by atoms with van der Waals surface area (Å²) in [7, 11) is 0. The van der Waals surface area contributed by atoms with Gasteiger partial charge in [0.1, 0.15) is 11.7 Å². The van der Waals surface area contributed by atoms with Crippen molar-refractivity contribution in [2.75, 3.05) is 0 Å². The molecule has 0 heterocycles. The average Bonchev–Trinajstić information content (AvgIpc) is 2.43. The first-order valence-corrected chi connectivity index (χ1v) is 8.15. The van der Waals surface area contributed by atoms with Crippen LogP contribution in [0.25, 0.3) is 0 Å². The van der Waals surface area contributed by atoms with Crippen molar-refractivity contribution in [1.29, 1.82) is 0 Å². The van der Waals surface area contributed by atoms with Crippen LogP contribution in [0.2, 0.25) is 5.02 Å². The molecule has 0 saturated carbocycles. The van der Waals surface area contributed by atoms with Gasteiger partial charge in [-0.15, -0.1) is 0 Å². The predicted octanol–water partition coefficient (Wildman–Crippen LogP) is 5.49. The van der Waals surface area contributed by atoms with Gasteiger partial charge in [0.05, 0.1) is 10.6 Å². The minimum atomic E-state index is -0.681. The summed E-state index contributed by atoms with van der Waals surface area (Å²) < 4.78 is 25.1. The fourth-order valence-electron chi connectivity index (χ4n) is 2.17. The zero-order valence-electron chi connectivity index (χ0n) is 13.3. The van der Waals surface area contributed by atoms with Crippen molar-refractivity contribution in [1.82, 2.24) is 0 Å². The van der Waals surface area contributed by atoms with Crippen LogP contribution in [0.4, 0.5) is 4.39 Å². The monoisotopic (exact) mass is 360 g/mol. The van der Waals surface area contributed by atoms with Gasteiger partial charge in [0.15, 0.2) is 11.6 Å². The van der Waals surface area contributed by atoms with Gasteiger partial charge < -0.3 is 9.47 Å². The van der Waals surface area contributed by atoms with Gasteiger partial charge >= 0.3 is 5.97 Å². The number of rotatable bonds is 3. The number of carbonyl (C=O) groups is 1. The van der Waals surface area contributed by atoms with Crippen LogP contribution in [0.15, 0.2) is 23.2 Å². The Balaban J connectivity index is 2.15. The summed E-state index contributed by atoms with van der Waals surface area (Å²) in [5.41, 5.74) is -0.697. The Kier molecular flexibility index (Phi) is 5.58. The van der Waals surface area contributed by atoms with Gasteiger partial charge in [0, 0.05) is 17.5 Å². The molecular formula is C17H19Cl2FO3. The Labute approximate surface area is 145 Å². The quantitative estimate of drug-likeness (QED) is 0.668. The fraction of sp³-hybridized carbons (Fsp3) is 0.471. The molecule has 1 aromatic carbocycles. The zero-order valence-corrected chi connectivity index (χ0v) is 14.8. The topological polar surface area (TPSA) is 35.5 Å². The standard InChI is InChI=1S/C17H19Cl2FO3/c1-17(2,3)23-16(21)12-8-14(20)15(9-13(12)19)22-11-6-4-10(18)5-7-11/h4,8-9,11H,5-7H2,1-3H3. The molecule has 0 spiro atoms. The van der Waals surface area contributed by atoms with Crippen LogP contribution < -0.4 is 4.74 Å². The second-order valence-corrected chi connectivity index (χ2v) is 7.32. The van der Waals surface area contributed by atoms with Crippen molar-refractivity contribution < 1.29 is 18.7 Å². The zero-order chi connectivity index (χ0) is 17.2. The van der Waals surface area contributed by atoms with Crippen molar-refractivity contribution in [3.05, 3.63) is 39.6 Å². The maximum absolute atomic E-state index is 14.2. The minimum Gasteiger partial charge on any atom is -0.487 e.